The Bertz CT molecular complexity index is 883. The number of nitrogens with one attached hydrogen (secondary N) is 1. The van der Waals surface area contributed by atoms with Crippen molar-refractivity contribution in [2.75, 3.05) is 24.5 Å². The minimum atomic E-state index is -3.97. The zero-order valence-corrected chi connectivity index (χ0v) is 17.0. The number of methoxy groups -OCH3 is 1. The van der Waals surface area contributed by atoms with Crippen molar-refractivity contribution in [3.05, 3.63) is 53.6 Å². The molecule has 27 heavy (non-hydrogen) atoms. The van der Waals surface area contributed by atoms with E-state index in [2.05, 4.69) is 5.32 Å². The predicted octanol–water partition coefficient (Wildman–Crippen LogP) is 3.32. The maximum Gasteiger partial charge on any atom is 0.264 e. The van der Waals surface area contributed by atoms with E-state index in [-0.39, 0.29) is 23.3 Å². The molecule has 2 rings (SSSR count). The van der Waals surface area contributed by atoms with E-state index in [0.717, 1.165) is 4.31 Å². The summed E-state index contributed by atoms with van der Waals surface area (Å²) in [6.07, 6.45) is 0. The van der Waals surface area contributed by atoms with Crippen LogP contribution in [-0.4, -0.2) is 34.5 Å². The molecule has 0 atom stereocenters. The fraction of sp³-hybridized carbons (Fsp3) is 0.316. The van der Waals surface area contributed by atoms with Gasteiger partial charge in [0.05, 0.1) is 17.7 Å². The number of benzene rings is 2. The van der Waals surface area contributed by atoms with E-state index in [4.69, 9.17) is 16.3 Å². The quantitative estimate of drug-likeness (QED) is 0.724. The number of ether oxygens (including phenoxy) is 1. The van der Waals surface area contributed by atoms with E-state index in [0.29, 0.717) is 23.0 Å². The molecule has 1 N–H and O–H groups in total. The first-order chi connectivity index (χ1) is 12.7. The van der Waals surface area contributed by atoms with Crippen molar-refractivity contribution < 1.29 is 17.9 Å². The van der Waals surface area contributed by atoms with Crippen LogP contribution < -0.4 is 14.4 Å². The van der Waals surface area contributed by atoms with Crippen LogP contribution in [0.15, 0.2) is 53.4 Å². The number of nitrogens with zero attached hydrogens (tertiary/aromatic N) is 1. The summed E-state index contributed by atoms with van der Waals surface area (Å²) in [6, 6.07) is 12.4. The number of hydrogen-bond donors (Lipinski definition) is 1. The third-order valence-electron chi connectivity index (χ3n) is 3.74. The van der Waals surface area contributed by atoms with Crippen LogP contribution in [0.5, 0.6) is 5.75 Å². The van der Waals surface area contributed by atoms with Gasteiger partial charge in [0.1, 0.15) is 12.3 Å². The summed E-state index contributed by atoms with van der Waals surface area (Å²) in [5.41, 5.74) is 0.318. The highest BCUT2D eigenvalue weighted by Gasteiger charge is 2.27. The van der Waals surface area contributed by atoms with Crippen molar-refractivity contribution in [3.63, 3.8) is 0 Å². The normalized spacial score (nSPS) is 11.3. The van der Waals surface area contributed by atoms with Crippen molar-refractivity contribution in [3.8, 4) is 5.75 Å². The standard InChI is InChI=1S/C19H23ClN2O4S/c1-14(2)12-21-19(23)13-22(16-6-4-5-15(20)11-16)27(24,25)18-9-7-17(26-3)8-10-18/h4-11,14H,12-13H2,1-3H3,(H,21,23). The number of halogens is 1. The highest BCUT2D eigenvalue weighted by Crippen LogP contribution is 2.27. The molecule has 0 heterocycles. The molecule has 1 amide bonds. The molecule has 0 unspecified atom stereocenters. The number of carbonyl (C=O) groups is 1. The summed E-state index contributed by atoms with van der Waals surface area (Å²) < 4.78 is 32.5. The van der Waals surface area contributed by atoms with Crippen LogP contribution in [0, 0.1) is 5.92 Å². The molecule has 2 aromatic rings. The number of carbonyl (C=O) groups excluding carboxylic acids is 1. The van der Waals surface area contributed by atoms with Crippen molar-refractivity contribution in [2.24, 2.45) is 5.92 Å². The van der Waals surface area contributed by atoms with Crippen LogP contribution in [0.3, 0.4) is 0 Å². The number of sulfonamides is 1. The maximum absolute atomic E-state index is 13.2. The highest BCUT2D eigenvalue weighted by atomic mass is 35.5. The average Bonchev–Trinajstić information content (AvgIpc) is 2.64. The summed E-state index contributed by atoms with van der Waals surface area (Å²) in [7, 11) is -2.47. The summed E-state index contributed by atoms with van der Waals surface area (Å²) >= 11 is 6.03. The Morgan fingerprint density at radius 1 is 1.19 bits per heavy atom. The molecule has 0 bridgehead atoms. The van der Waals surface area contributed by atoms with Gasteiger partial charge in [-0.2, -0.15) is 0 Å². The molecule has 0 saturated heterocycles. The summed E-state index contributed by atoms with van der Waals surface area (Å²) in [4.78, 5) is 12.4. The Kier molecular flexibility index (Phi) is 7.10. The Morgan fingerprint density at radius 3 is 2.41 bits per heavy atom. The second kappa shape index (κ2) is 9.10. The molecule has 0 spiro atoms. The summed E-state index contributed by atoms with van der Waals surface area (Å²) in [5, 5.41) is 3.12. The third-order valence-corrected chi connectivity index (χ3v) is 5.76. The van der Waals surface area contributed by atoms with Crippen LogP contribution in [0.4, 0.5) is 5.69 Å². The van der Waals surface area contributed by atoms with Gasteiger partial charge in [0.25, 0.3) is 10.0 Å². The zero-order valence-electron chi connectivity index (χ0n) is 15.5. The van der Waals surface area contributed by atoms with E-state index in [1.807, 2.05) is 13.8 Å². The highest BCUT2D eigenvalue weighted by molar-refractivity contribution is 7.92. The lowest BCUT2D eigenvalue weighted by molar-refractivity contribution is -0.119. The van der Waals surface area contributed by atoms with Gasteiger partial charge in [-0.15, -0.1) is 0 Å². The number of hydrogen-bond acceptors (Lipinski definition) is 4. The molecule has 0 radical (unpaired) electrons. The third kappa shape index (κ3) is 5.61. The van der Waals surface area contributed by atoms with E-state index >= 15 is 0 Å². The van der Waals surface area contributed by atoms with E-state index in [1.165, 1.54) is 25.3 Å². The molecule has 0 aliphatic rings. The fourth-order valence-electron chi connectivity index (χ4n) is 2.33. The minimum absolute atomic E-state index is 0.0555. The predicted molar refractivity (Wildman–Crippen MR) is 107 cm³/mol. The van der Waals surface area contributed by atoms with Gasteiger partial charge in [0, 0.05) is 11.6 Å². The maximum atomic E-state index is 13.2. The van der Waals surface area contributed by atoms with E-state index in [1.54, 1.807) is 30.3 Å². The number of anilines is 1. The SMILES string of the molecule is COc1ccc(S(=O)(=O)N(CC(=O)NCC(C)C)c2cccc(Cl)c2)cc1. The Labute approximate surface area is 165 Å². The fourth-order valence-corrected chi connectivity index (χ4v) is 3.92. The molecule has 0 saturated carbocycles. The van der Waals surface area contributed by atoms with Gasteiger partial charge in [-0.1, -0.05) is 31.5 Å². The summed E-state index contributed by atoms with van der Waals surface area (Å²) in [6.45, 7) is 4.04. The smallest absolute Gasteiger partial charge is 0.264 e. The van der Waals surface area contributed by atoms with Gasteiger partial charge in [-0.3, -0.25) is 9.10 Å². The van der Waals surface area contributed by atoms with Crippen molar-refractivity contribution >= 4 is 33.2 Å². The lowest BCUT2D eigenvalue weighted by Gasteiger charge is -2.24. The van der Waals surface area contributed by atoms with Crippen molar-refractivity contribution in [1.82, 2.24) is 5.32 Å². The molecule has 2 aromatic carbocycles. The zero-order chi connectivity index (χ0) is 20.0. The first-order valence-electron chi connectivity index (χ1n) is 8.43. The molecule has 0 fully saturated rings. The van der Waals surface area contributed by atoms with Gasteiger partial charge < -0.3 is 10.1 Å². The number of amides is 1. The first-order valence-corrected chi connectivity index (χ1v) is 10.2. The molecule has 0 aliphatic heterocycles. The lowest BCUT2D eigenvalue weighted by atomic mass is 10.2. The van der Waals surface area contributed by atoms with Crippen LogP contribution in [0.2, 0.25) is 5.02 Å². The van der Waals surface area contributed by atoms with E-state index < -0.39 is 10.0 Å². The van der Waals surface area contributed by atoms with Gasteiger partial charge in [-0.25, -0.2) is 8.42 Å². The van der Waals surface area contributed by atoms with Crippen molar-refractivity contribution in [1.29, 1.82) is 0 Å². The molecule has 0 aromatic heterocycles. The van der Waals surface area contributed by atoms with Crippen LogP contribution in [0.1, 0.15) is 13.8 Å². The molecular weight excluding hydrogens is 388 g/mol. The van der Waals surface area contributed by atoms with E-state index in [9.17, 15) is 13.2 Å². The van der Waals surface area contributed by atoms with Crippen molar-refractivity contribution in [2.45, 2.75) is 18.7 Å². The molecule has 6 nitrogen and oxygen atoms in total. The van der Waals surface area contributed by atoms with Crippen LogP contribution >= 0.6 is 11.6 Å². The summed E-state index contributed by atoms with van der Waals surface area (Å²) in [5.74, 6) is 0.408. The number of rotatable bonds is 8. The molecule has 0 aliphatic carbocycles. The minimum Gasteiger partial charge on any atom is -0.497 e. The Hall–Kier alpha value is -2.25. The van der Waals surface area contributed by atoms with Gasteiger partial charge >= 0.3 is 0 Å². The molecular formula is C19H23ClN2O4S. The van der Waals surface area contributed by atoms with Crippen LogP contribution in [-0.2, 0) is 14.8 Å². The van der Waals surface area contributed by atoms with Gasteiger partial charge in [0.15, 0.2) is 0 Å². The second-order valence-corrected chi connectivity index (χ2v) is 8.66. The second-order valence-electron chi connectivity index (χ2n) is 6.37. The van der Waals surface area contributed by atoms with Gasteiger partial charge in [-0.05, 0) is 48.4 Å². The Morgan fingerprint density at radius 2 is 1.85 bits per heavy atom. The largest absolute Gasteiger partial charge is 0.497 e. The topological polar surface area (TPSA) is 75.7 Å². The monoisotopic (exact) mass is 410 g/mol. The first kappa shape index (κ1) is 21.1. The van der Waals surface area contributed by atoms with Gasteiger partial charge in [0.2, 0.25) is 5.91 Å². The molecule has 146 valence electrons. The Balaban J connectivity index is 2.39. The molecule has 8 heteroatoms. The average molecular weight is 411 g/mol. The van der Waals surface area contributed by atoms with Crippen LogP contribution in [0.25, 0.3) is 0 Å². The lowest BCUT2D eigenvalue weighted by Crippen LogP contribution is -2.41.